The van der Waals surface area contributed by atoms with Crippen LogP contribution >= 0.6 is 0 Å². The summed E-state index contributed by atoms with van der Waals surface area (Å²) in [6.45, 7) is 4.46. The number of piperidine rings is 1. The highest BCUT2D eigenvalue weighted by Crippen LogP contribution is 2.21. The summed E-state index contributed by atoms with van der Waals surface area (Å²) in [5.41, 5.74) is 2.73. The van der Waals surface area contributed by atoms with Gasteiger partial charge in [-0.2, -0.15) is 0 Å². The maximum atomic E-state index is 5.37. The highest BCUT2D eigenvalue weighted by Gasteiger charge is 2.14. The van der Waals surface area contributed by atoms with Crippen LogP contribution in [0.2, 0.25) is 0 Å². The molecule has 2 nitrogen and oxygen atoms in total. The van der Waals surface area contributed by atoms with Crippen molar-refractivity contribution in [1.82, 2.24) is 5.32 Å². The Morgan fingerprint density at radius 2 is 2.35 bits per heavy atom. The molecule has 0 amide bonds. The molecule has 1 fully saturated rings. The lowest BCUT2D eigenvalue weighted by molar-refractivity contribution is 0.119. The van der Waals surface area contributed by atoms with Gasteiger partial charge in [-0.25, -0.2) is 0 Å². The van der Waals surface area contributed by atoms with Crippen LogP contribution in [0, 0.1) is 5.92 Å². The first-order valence-corrected chi connectivity index (χ1v) is 6.62. The van der Waals surface area contributed by atoms with Crippen LogP contribution in [0.25, 0.3) is 0 Å². The van der Waals surface area contributed by atoms with Gasteiger partial charge in [-0.1, -0.05) is 24.3 Å². The zero-order valence-electron chi connectivity index (χ0n) is 10.9. The molecule has 0 aliphatic carbocycles. The number of hydrogen-bond acceptors (Lipinski definition) is 2. The largest absolute Gasteiger partial charge is 0.377 e. The number of ether oxygens (including phenoxy) is 1. The van der Waals surface area contributed by atoms with Crippen LogP contribution in [0.4, 0.5) is 0 Å². The minimum Gasteiger partial charge on any atom is -0.377 e. The average molecular weight is 233 g/mol. The van der Waals surface area contributed by atoms with Gasteiger partial charge in [0.25, 0.3) is 0 Å². The number of benzene rings is 1. The van der Waals surface area contributed by atoms with Crippen molar-refractivity contribution in [2.45, 2.75) is 32.3 Å². The van der Waals surface area contributed by atoms with E-state index in [1.807, 2.05) is 0 Å². The fourth-order valence-corrected chi connectivity index (χ4v) is 2.54. The van der Waals surface area contributed by atoms with E-state index in [1.54, 1.807) is 7.11 Å². The monoisotopic (exact) mass is 233 g/mol. The fourth-order valence-electron chi connectivity index (χ4n) is 2.54. The predicted molar refractivity (Wildman–Crippen MR) is 71.2 cm³/mol. The molecule has 0 spiro atoms. The molecular formula is C15H23NO. The van der Waals surface area contributed by atoms with Crippen LogP contribution in [0.5, 0.6) is 0 Å². The quantitative estimate of drug-likeness (QED) is 0.863. The van der Waals surface area contributed by atoms with Crippen LogP contribution < -0.4 is 5.32 Å². The molecule has 2 heteroatoms. The van der Waals surface area contributed by atoms with E-state index >= 15 is 0 Å². The summed E-state index contributed by atoms with van der Waals surface area (Å²) in [4.78, 5) is 0. The molecule has 1 N–H and O–H groups in total. The van der Waals surface area contributed by atoms with Gasteiger partial charge < -0.3 is 10.1 Å². The normalized spacial score (nSPS) is 22.4. The van der Waals surface area contributed by atoms with E-state index < -0.39 is 0 Å². The minimum atomic E-state index is 0.194. The topological polar surface area (TPSA) is 21.3 Å². The lowest BCUT2D eigenvalue weighted by atomic mass is 9.91. The molecule has 2 rings (SSSR count). The first kappa shape index (κ1) is 12.6. The maximum Gasteiger partial charge on any atom is 0.0793 e. The second-order valence-electron chi connectivity index (χ2n) is 5.04. The molecule has 0 aromatic heterocycles. The molecule has 1 saturated heterocycles. The van der Waals surface area contributed by atoms with Crippen LogP contribution in [0.3, 0.4) is 0 Å². The van der Waals surface area contributed by atoms with Crippen molar-refractivity contribution in [3.05, 3.63) is 35.4 Å². The summed E-state index contributed by atoms with van der Waals surface area (Å²) in [5.74, 6) is 0.803. The first-order valence-electron chi connectivity index (χ1n) is 6.62. The van der Waals surface area contributed by atoms with E-state index in [9.17, 15) is 0 Å². The molecule has 2 unspecified atom stereocenters. The Balaban J connectivity index is 2.00. The summed E-state index contributed by atoms with van der Waals surface area (Å²) >= 11 is 0. The Hall–Kier alpha value is -0.860. The van der Waals surface area contributed by atoms with Crippen LogP contribution in [0.15, 0.2) is 24.3 Å². The molecule has 0 saturated carbocycles. The average Bonchev–Trinajstić information content (AvgIpc) is 2.39. The molecule has 94 valence electrons. The Morgan fingerprint density at radius 1 is 1.47 bits per heavy atom. The summed E-state index contributed by atoms with van der Waals surface area (Å²) in [6, 6.07) is 8.83. The van der Waals surface area contributed by atoms with Gasteiger partial charge in [0.05, 0.1) is 6.10 Å². The molecule has 1 aliphatic heterocycles. The second-order valence-corrected chi connectivity index (χ2v) is 5.04. The Labute approximate surface area is 104 Å². The van der Waals surface area contributed by atoms with Crippen molar-refractivity contribution in [2.75, 3.05) is 20.2 Å². The molecular weight excluding hydrogens is 210 g/mol. The summed E-state index contributed by atoms with van der Waals surface area (Å²) in [5, 5.41) is 3.48. The van der Waals surface area contributed by atoms with E-state index in [0.717, 1.165) is 5.92 Å². The smallest absolute Gasteiger partial charge is 0.0793 e. The first-order chi connectivity index (χ1) is 8.29. The number of rotatable bonds is 4. The van der Waals surface area contributed by atoms with Gasteiger partial charge in [0.2, 0.25) is 0 Å². The summed E-state index contributed by atoms with van der Waals surface area (Å²) in [7, 11) is 1.77. The number of hydrogen-bond donors (Lipinski definition) is 1. The van der Waals surface area contributed by atoms with Gasteiger partial charge in [-0.3, -0.25) is 0 Å². The number of methoxy groups -OCH3 is 1. The third-order valence-electron chi connectivity index (χ3n) is 3.70. The molecule has 1 aromatic rings. The highest BCUT2D eigenvalue weighted by molar-refractivity contribution is 5.25. The summed E-state index contributed by atoms with van der Waals surface area (Å²) < 4.78 is 5.37. The van der Waals surface area contributed by atoms with Gasteiger partial charge in [-0.15, -0.1) is 0 Å². The SMILES string of the molecule is COC(C)c1cccc(CC2CCCNC2)c1. The van der Waals surface area contributed by atoms with Crippen molar-refractivity contribution < 1.29 is 4.74 Å². The Kier molecular flexibility index (Phi) is 4.57. The van der Waals surface area contributed by atoms with Crippen molar-refractivity contribution >= 4 is 0 Å². The molecule has 2 atom stereocenters. The Morgan fingerprint density at radius 3 is 3.06 bits per heavy atom. The van der Waals surface area contributed by atoms with Crippen molar-refractivity contribution in [2.24, 2.45) is 5.92 Å². The van der Waals surface area contributed by atoms with Crippen molar-refractivity contribution in [3.8, 4) is 0 Å². The van der Waals surface area contributed by atoms with E-state index in [0.29, 0.717) is 0 Å². The van der Waals surface area contributed by atoms with Gasteiger partial charge in [0, 0.05) is 7.11 Å². The van der Waals surface area contributed by atoms with Crippen molar-refractivity contribution in [1.29, 1.82) is 0 Å². The molecule has 1 aliphatic rings. The van der Waals surface area contributed by atoms with Crippen LogP contribution in [-0.2, 0) is 11.2 Å². The molecule has 1 heterocycles. The van der Waals surface area contributed by atoms with E-state index in [4.69, 9.17) is 4.74 Å². The maximum absolute atomic E-state index is 5.37. The van der Waals surface area contributed by atoms with Crippen molar-refractivity contribution in [3.63, 3.8) is 0 Å². The second kappa shape index (κ2) is 6.18. The summed E-state index contributed by atoms with van der Waals surface area (Å²) in [6.07, 6.45) is 4.06. The van der Waals surface area contributed by atoms with E-state index in [-0.39, 0.29) is 6.10 Å². The molecule has 0 bridgehead atoms. The fraction of sp³-hybridized carbons (Fsp3) is 0.600. The van der Waals surface area contributed by atoms with Gasteiger partial charge in [-0.05, 0) is 56.3 Å². The number of nitrogens with one attached hydrogen (secondary N) is 1. The lowest BCUT2D eigenvalue weighted by Gasteiger charge is -2.23. The third-order valence-corrected chi connectivity index (χ3v) is 3.70. The zero-order valence-corrected chi connectivity index (χ0v) is 10.9. The van der Waals surface area contributed by atoms with E-state index in [2.05, 4.69) is 36.5 Å². The zero-order chi connectivity index (χ0) is 12.1. The van der Waals surface area contributed by atoms with Gasteiger partial charge in [0.15, 0.2) is 0 Å². The molecule has 1 aromatic carbocycles. The van der Waals surface area contributed by atoms with E-state index in [1.165, 1.54) is 43.5 Å². The lowest BCUT2D eigenvalue weighted by Crippen LogP contribution is -2.30. The molecule has 17 heavy (non-hydrogen) atoms. The van der Waals surface area contributed by atoms with Crippen LogP contribution in [-0.4, -0.2) is 20.2 Å². The third kappa shape index (κ3) is 3.55. The minimum absolute atomic E-state index is 0.194. The predicted octanol–water partition coefficient (Wildman–Crippen LogP) is 2.94. The standard InChI is InChI=1S/C15H23NO/c1-12(17-2)15-7-3-5-13(10-15)9-14-6-4-8-16-11-14/h3,5,7,10,12,14,16H,4,6,8-9,11H2,1-2H3. The highest BCUT2D eigenvalue weighted by atomic mass is 16.5. The Bertz CT molecular complexity index is 345. The van der Waals surface area contributed by atoms with Gasteiger partial charge >= 0.3 is 0 Å². The van der Waals surface area contributed by atoms with Gasteiger partial charge in [0.1, 0.15) is 0 Å². The van der Waals surface area contributed by atoms with Crippen LogP contribution in [0.1, 0.15) is 37.0 Å². The molecule has 0 radical (unpaired) electrons.